The van der Waals surface area contributed by atoms with E-state index < -0.39 is 0 Å². The molecule has 0 radical (unpaired) electrons. The SMILES string of the molecule is Cc1csc2nc(CN3CC(CO)OCC3C)cc(=O)n12. The van der Waals surface area contributed by atoms with Crippen LogP contribution in [0.1, 0.15) is 18.3 Å². The maximum absolute atomic E-state index is 12.2. The molecule has 2 aromatic heterocycles. The quantitative estimate of drug-likeness (QED) is 0.901. The predicted molar refractivity (Wildman–Crippen MR) is 80.8 cm³/mol. The number of rotatable bonds is 3. The van der Waals surface area contributed by atoms with Crippen LogP contribution in [0.15, 0.2) is 16.2 Å². The fourth-order valence-electron chi connectivity index (χ4n) is 2.60. The van der Waals surface area contributed by atoms with E-state index in [1.54, 1.807) is 10.5 Å². The van der Waals surface area contributed by atoms with Crippen molar-refractivity contribution in [1.29, 1.82) is 0 Å². The Morgan fingerprint density at radius 3 is 3.14 bits per heavy atom. The van der Waals surface area contributed by atoms with E-state index in [9.17, 15) is 9.90 Å². The minimum Gasteiger partial charge on any atom is -0.394 e. The van der Waals surface area contributed by atoms with Gasteiger partial charge in [0, 0.05) is 36.3 Å². The van der Waals surface area contributed by atoms with Gasteiger partial charge in [0.1, 0.15) is 0 Å². The van der Waals surface area contributed by atoms with Crippen molar-refractivity contribution in [3.05, 3.63) is 33.2 Å². The van der Waals surface area contributed by atoms with Crippen LogP contribution in [0.2, 0.25) is 0 Å². The zero-order chi connectivity index (χ0) is 15.0. The third kappa shape index (κ3) is 2.87. The average Bonchev–Trinajstić information content (AvgIpc) is 2.83. The standard InChI is InChI=1S/C14H19N3O3S/c1-9-7-20-12(6-18)5-16(9)4-11-3-13(19)17-10(2)8-21-14(17)15-11/h3,8-9,12,18H,4-7H2,1-2H3. The van der Waals surface area contributed by atoms with Crippen LogP contribution in [0.3, 0.4) is 0 Å². The van der Waals surface area contributed by atoms with Crippen molar-refractivity contribution in [2.24, 2.45) is 0 Å². The molecule has 0 bridgehead atoms. The fraction of sp³-hybridized carbons (Fsp3) is 0.571. The molecule has 7 heteroatoms. The van der Waals surface area contributed by atoms with E-state index in [1.807, 2.05) is 12.3 Å². The Bertz CT molecular complexity index is 696. The second-order valence-electron chi connectivity index (χ2n) is 5.50. The Balaban J connectivity index is 1.85. The second kappa shape index (κ2) is 5.84. The third-order valence-electron chi connectivity index (χ3n) is 3.83. The van der Waals surface area contributed by atoms with Crippen molar-refractivity contribution in [3.8, 4) is 0 Å². The molecule has 2 aromatic rings. The Labute approximate surface area is 126 Å². The van der Waals surface area contributed by atoms with Gasteiger partial charge in [-0.1, -0.05) is 0 Å². The molecule has 0 spiro atoms. The van der Waals surface area contributed by atoms with Crippen LogP contribution < -0.4 is 5.56 Å². The molecule has 0 saturated carbocycles. The van der Waals surface area contributed by atoms with Gasteiger partial charge in [0.25, 0.3) is 5.56 Å². The van der Waals surface area contributed by atoms with E-state index in [0.717, 1.165) is 16.3 Å². The highest BCUT2D eigenvalue weighted by Crippen LogP contribution is 2.16. The molecule has 0 amide bonds. The number of hydrogen-bond donors (Lipinski definition) is 1. The van der Waals surface area contributed by atoms with Gasteiger partial charge in [-0.05, 0) is 13.8 Å². The topological polar surface area (TPSA) is 67.1 Å². The summed E-state index contributed by atoms with van der Waals surface area (Å²) in [5.41, 5.74) is 1.65. The Morgan fingerprint density at radius 2 is 2.38 bits per heavy atom. The molecule has 3 heterocycles. The van der Waals surface area contributed by atoms with Crippen LogP contribution in [0.25, 0.3) is 4.96 Å². The zero-order valence-electron chi connectivity index (χ0n) is 12.2. The van der Waals surface area contributed by atoms with Crippen LogP contribution >= 0.6 is 11.3 Å². The van der Waals surface area contributed by atoms with Crippen molar-refractivity contribution >= 4 is 16.3 Å². The summed E-state index contributed by atoms with van der Waals surface area (Å²) in [4.78, 5) is 19.7. The molecule has 6 nitrogen and oxygen atoms in total. The van der Waals surface area contributed by atoms with Crippen LogP contribution in [0.4, 0.5) is 0 Å². The van der Waals surface area contributed by atoms with E-state index in [0.29, 0.717) is 19.7 Å². The van der Waals surface area contributed by atoms with Crippen molar-refractivity contribution in [2.45, 2.75) is 32.5 Å². The maximum Gasteiger partial charge on any atom is 0.259 e. The van der Waals surface area contributed by atoms with E-state index in [2.05, 4.69) is 16.8 Å². The molecule has 2 atom stereocenters. The van der Waals surface area contributed by atoms with Gasteiger partial charge in [-0.3, -0.25) is 14.1 Å². The van der Waals surface area contributed by atoms with E-state index in [4.69, 9.17) is 4.74 Å². The molecule has 1 N–H and O–H groups in total. The summed E-state index contributed by atoms with van der Waals surface area (Å²) in [5, 5.41) is 11.2. The summed E-state index contributed by atoms with van der Waals surface area (Å²) >= 11 is 1.48. The second-order valence-corrected chi connectivity index (χ2v) is 6.33. The summed E-state index contributed by atoms with van der Waals surface area (Å²) in [6.45, 7) is 5.84. The number of ether oxygens (including phenoxy) is 1. The maximum atomic E-state index is 12.2. The first-order valence-electron chi connectivity index (χ1n) is 7.01. The van der Waals surface area contributed by atoms with Crippen molar-refractivity contribution in [1.82, 2.24) is 14.3 Å². The van der Waals surface area contributed by atoms with Gasteiger partial charge in [-0.15, -0.1) is 11.3 Å². The van der Waals surface area contributed by atoms with Crippen LogP contribution in [-0.2, 0) is 11.3 Å². The van der Waals surface area contributed by atoms with Crippen LogP contribution in [-0.4, -0.2) is 51.3 Å². The van der Waals surface area contributed by atoms with Gasteiger partial charge in [0.2, 0.25) is 0 Å². The van der Waals surface area contributed by atoms with E-state index in [1.165, 1.54) is 11.3 Å². The summed E-state index contributed by atoms with van der Waals surface area (Å²) in [6, 6.07) is 1.85. The molecule has 114 valence electrons. The first kappa shape index (κ1) is 14.6. The summed E-state index contributed by atoms with van der Waals surface area (Å²) in [7, 11) is 0. The molecular formula is C14H19N3O3S. The molecule has 1 aliphatic rings. The first-order chi connectivity index (χ1) is 10.1. The number of thiazole rings is 1. The van der Waals surface area contributed by atoms with E-state index >= 15 is 0 Å². The zero-order valence-corrected chi connectivity index (χ0v) is 13.0. The average molecular weight is 309 g/mol. The molecule has 1 saturated heterocycles. The summed E-state index contributed by atoms with van der Waals surface area (Å²) < 4.78 is 7.16. The number of nitrogens with zero attached hydrogens (tertiary/aromatic N) is 3. The number of aliphatic hydroxyl groups is 1. The Morgan fingerprint density at radius 1 is 1.57 bits per heavy atom. The van der Waals surface area contributed by atoms with Gasteiger partial charge in [0.05, 0.1) is 25.0 Å². The Hall–Kier alpha value is -1.28. The summed E-state index contributed by atoms with van der Waals surface area (Å²) in [6.07, 6.45) is -0.157. The lowest BCUT2D eigenvalue weighted by atomic mass is 10.2. The molecule has 21 heavy (non-hydrogen) atoms. The van der Waals surface area contributed by atoms with Crippen LogP contribution in [0, 0.1) is 6.92 Å². The molecule has 0 aromatic carbocycles. The molecule has 2 unspecified atom stereocenters. The number of fused-ring (bicyclic) bond motifs is 1. The highest BCUT2D eigenvalue weighted by atomic mass is 32.1. The van der Waals surface area contributed by atoms with Gasteiger partial charge in [-0.2, -0.15) is 0 Å². The summed E-state index contributed by atoms with van der Waals surface area (Å²) in [5.74, 6) is 0. The molecule has 1 aliphatic heterocycles. The monoisotopic (exact) mass is 309 g/mol. The molecule has 1 fully saturated rings. The van der Waals surface area contributed by atoms with Gasteiger partial charge >= 0.3 is 0 Å². The van der Waals surface area contributed by atoms with Crippen molar-refractivity contribution in [3.63, 3.8) is 0 Å². The smallest absolute Gasteiger partial charge is 0.259 e. The lowest BCUT2D eigenvalue weighted by molar-refractivity contribution is -0.0808. The number of aromatic nitrogens is 2. The predicted octanol–water partition coefficient (Wildman–Crippen LogP) is 0.646. The highest BCUT2D eigenvalue weighted by molar-refractivity contribution is 7.15. The number of hydrogen-bond acceptors (Lipinski definition) is 6. The minimum atomic E-state index is -0.157. The lowest BCUT2D eigenvalue weighted by Gasteiger charge is -2.37. The minimum absolute atomic E-state index is 0.0163. The highest BCUT2D eigenvalue weighted by Gasteiger charge is 2.26. The number of aliphatic hydroxyl groups excluding tert-OH is 1. The van der Waals surface area contributed by atoms with Crippen molar-refractivity contribution in [2.75, 3.05) is 19.8 Å². The molecular weight excluding hydrogens is 290 g/mol. The van der Waals surface area contributed by atoms with Gasteiger partial charge in [0.15, 0.2) is 4.96 Å². The lowest BCUT2D eigenvalue weighted by Crippen LogP contribution is -2.49. The normalized spacial score (nSPS) is 23.8. The van der Waals surface area contributed by atoms with E-state index in [-0.39, 0.29) is 24.3 Å². The van der Waals surface area contributed by atoms with Gasteiger partial charge < -0.3 is 9.84 Å². The van der Waals surface area contributed by atoms with Gasteiger partial charge in [-0.25, -0.2) is 4.98 Å². The number of aryl methyl sites for hydroxylation is 1. The largest absolute Gasteiger partial charge is 0.394 e. The molecule has 3 rings (SSSR count). The first-order valence-corrected chi connectivity index (χ1v) is 7.89. The molecule has 0 aliphatic carbocycles. The number of morpholine rings is 1. The van der Waals surface area contributed by atoms with Crippen LogP contribution in [0.5, 0.6) is 0 Å². The third-order valence-corrected chi connectivity index (χ3v) is 4.78. The van der Waals surface area contributed by atoms with Crippen molar-refractivity contribution < 1.29 is 9.84 Å². The Kier molecular flexibility index (Phi) is 4.08. The fourth-order valence-corrected chi connectivity index (χ4v) is 3.49.